The minimum Gasteiger partial charge on any atom is -0.480 e. The molecule has 3 rings (SSSR count). The lowest BCUT2D eigenvalue weighted by molar-refractivity contribution is -0.145. The minimum absolute atomic E-state index is 0.0561. The van der Waals surface area contributed by atoms with Gasteiger partial charge in [-0.15, -0.1) is 0 Å². The van der Waals surface area contributed by atoms with Crippen LogP contribution >= 0.6 is 0 Å². The Bertz CT molecular complexity index is 606. The van der Waals surface area contributed by atoms with Crippen molar-refractivity contribution in [3.05, 3.63) is 59.5 Å². The number of hydrogen-bond acceptors (Lipinski definition) is 3. The number of carboxylic acids is 1. The Morgan fingerprint density at radius 3 is 2.85 bits per heavy atom. The van der Waals surface area contributed by atoms with Gasteiger partial charge in [-0.05, 0) is 36.6 Å². The van der Waals surface area contributed by atoms with E-state index in [4.69, 9.17) is 4.42 Å². The summed E-state index contributed by atoms with van der Waals surface area (Å²) in [6.45, 7) is 2.71. The lowest BCUT2D eigenvalue weighted by Crippen LogP contribution is -2.41. The average molecular weight is 271 g/mol. The molecule has 1 aromatic heterocycles. The SMILES string of the molecule is CC(c1ccco1)N1CCc2ccccc2C1C(=O)O. The molecular formula is C16H17NO3. The fourth-order valence-corrected chi connectivity index (χ4v) is 2.97. The predicted octanol–water partition coefficient (Wildman–Crippen LogP) is 3.02. The van der Waals surface area contributed by atoms with Crippen molar-refractivity contribution < 1.29 is 14.3 Å². The maximum Gasteiger partial charge on any atom is 0.325 e. The summed E-state index contributed by atoms with van der Waals surface area (Å²) in [5.41, 5.74) is 2.02. The minimum atomic E-state index is -0.810. The Morgan fingerprint density at radius 1 is 1.35 bits per heavy atom. The van der Waals surface area contributed by atoms with Crippen LogP contribution in [0.2, 0.25) is 0 Å². The maximum absolute atomic E-state index is 11.7. The second kappa shape index (κ2) is 5.13. The molecule has 4 nitrogen and oxygen atoms in total. The van der Waals surface area contributed by atoms with E-state index in [0.717, 1.165) is 29.9 Å². The van der Waals surface area contributed by atoms with Crippen molar-refractivity contribution in [1.29, 1.82) is 0 Å². The van der Waals surface area contributed by atoms with Crippen molar-refractivity contribution in [2.75, 3.05) is 6.54 Å². The van der Waals surface area contributed by atoms with Gasteiger partial charge in [0.2, 0.25) is 0 Å². The Kier molecular flexibility index (Phi) is 3.32. The lowest BCUT2D eigenvalue weighted by Gasteiger charge is -2.37. The fourth-order valence-electron chi connectivity index (χ4n) is 2.97. The predicted molar refractivity (Wildman–Crippen MR) is 74.4 cm³/mol. The van der Waals surface area contributed by atoms with Gasteiger partial charge in [-0.2, -0.15) is 0 Å². The number of furan rings is 1. The molecule has 0 saturated carbocycles. The first-order valence-corrected chi connectivity index (χ1v) is 6.78. The summed E-state index contributed by atoms with van der Waals surface area (Å²) >= 11 is 0. The van der Waals surface area contributed by atoms with Gasteiger partial charge in [-0.25, -0.2) is 0 Å². The number of rotatable bonds is 3. The van der Waals surface area contributed by atoms with Crippen molar-refractivity contribution in [3.63, 3.8) is 0 Å². The van der Waals surface area contributed by atoms with E-state index in [2.05, 4.69) is 0 Å². The smallest absolute Gasteiger partial charge is 0.325 e. The quantitative estimate of drug-likeness (QED) is 0.932. The number of aliphatic carboxylic acids is 1. The van der Waals surface area contributed by atoms with E-state index < -0.39 is 12.0 Å². The zero-order valence-electron chi connectivity index (χ0n) is 11.3. The van der Waals surface area contributed by atoms with Crippen LogP contribution in [0.4, 0.5) is 0 Å². The van der Waals surface area contributed by atoms with Gasteiger partial charge in [0.15, 0.2) is 0 Å². The van der Waals surface area contributed by atoms with E-state index in [1.165, 1.54) is 0 Å². The number of hydrogen-bond donors (Lipinski definition) is 1. The summed E-state index contributed by atoms with van der Waals surface area (Å²) in [4.78, 5) is 13.7. The molecule has 104 valence electrons. The standard InChI is InChI=1S/C16H17NO3/c1-11(14-7-4-10-20-14)17-9-8-12-5-2-3-6-13(12)15(17)16(18)19/h2-7,10-11,15H,8-9H2,1H3,(H,18,19). The Labute approximate surface area is 117 Å². The van der Waals surface area contributed by atoms with Crippen LogP contribution in [0.5, 0.6) is 0 Å². The second-order valence-corrected chi connectivity index (χ2v) is 5.12. The van der Waals surface area contributed by atoms with Crippen LogP contribution in [0.25, 0.3) is 0 Å². The highest BCUT2D eigenvalue weighted by molar-refractivity contribution is 5.76. The van der Waals surface area contributed by atoms with Gasteiger partial charge < -0.3 is 9.52 Å². The Balaban J connectivity index is 1.98. The summed E-state index contributed by atoms with van der Waals surface area (Å²) in [6.07, 6.45) is 2.49. The number of carbonyl (C=O) groups is 1. The van der Waals surface area contributed by atoms with E-state index in [1.807, 2.05) is 48.2 Å². The average Bonchev–Trinajstić information content (AvgIpc) is 2.99. The highest BCUT2D eigenvalue weighted by Gasteiger charge is 2.36. The molecule has 2 aromatic rings. The second-order valence-electron chi connectivity index (χ2n) is 5.12. The van der Waals surface area contributed by atoms with Crippen molar-refractivity contribution in [1.82, 2.24) is 4.90 Å². The van der Waals surface area contributed by atoms with Gasteiger partial charge >= 0.3 is 5.97 Å². The first-order chi connectivity index (χ1) is 9.68. The third kappa shape index (κ3) is 2.12. The van der Waals surface area contributed by atoms with Gasteiger partial charge in [0, 0.05) is 6.54 Å². The molecule has 0 amide bonds. The van der Waals surface area contributed by atoms with E-state index >= 15 is 0 Å². The van der Waals surface area contributed by atoms with Crippen LogP contribution in [0.3, 0.4) is 0 Å². The highest BCUT2D eigenvalue weighted by atomic mass is 16.4. The molecule has 0 radical (unpaired) electrons. The number of fused-ring (bicyclic) bond motifs is 1. The summed E-state index contributed by atoms with van der Waals surface area (Å²) in [5.74, 6) is -0.00816. The molecule has 0 saturated heterocycles. The molecule has 0 aliphatic carbocycles. The molecule has 1 aliphatic heterocycles. The van der Waals surface area contributed by atoms with Crippen molar-refractivity contribution >= 4 is 5.97 Å². The molecule has 1 aromatic carbocycles. The maximum atomic E-state index is 11.7. The van der Waals surface area contributed by atoms with Crippen LogP contribution in [0.15, 0.2) is 47.1 Å². The summed E-state index contributed by atoms with van der Waals surface area (Å²) < 4.78 is 5.43. The summed E-state index contributed by atoms with van der Waals surface area (Å²) in [6, 6.07) is 10.8. The monoisotopic (exact) mass is 271 g/mol. The molecular weight excluding hydrogens is 254 g/mol. The van der Waals surface area contributed by atoms with Crippen LogP contribution < -0.4 is 0 Å². The van der Waals surface area contributed by atoms with Crippen LogP contribution in [-0.2, 0) is 11.2 Å². The Hall–Kier alpha value is -2.07. The molecule has 0 fully saturated rings. The van der Waals surface area contributed by atoms with Gasteiger partial charge in [0.1, 0.15) is 11.8 Å². The molecule has 2 heterocycles. The molecule has 20 heavy (non-hydrogen) atoms. The van der Waals surface area contributed by atoms with Gasteiger partial charge in [0.25, 0.3) is 0 Å². The van der Waals surface area contributed by atoms with E-state index in [-0.39, 0.29) is 6.04 Å². The summed E-state index contributed by atoms with van der Waals surface area (Å²) in [5, 5.41) is 9.63. The molecule has 2 unspecified atom stereocenters. The zero-order valence-corrected chi connectivity index (χ0v) is 11.3. The van der Waals surface area contributed by atoms with Crippen LogP contribution in [0.1, 0.15) is 35.9 Å². The third-order valence-corrected chi connectivity index (χ3v) is 4.01. The first-order valence-electron chi connectivity index (χ1n) is 6.78. The summed E-state index contributed by atoms with van der Waals surface area (Å²) in [7, 11) is 0. The first kappa shape index (κ1) is 12.9. The lowest BCUT2D eigenvalue weighted by atomic mass is 9.91. The largest absolute Gasteiger partial charge is 0.480 e. The molecule has 0 bridgehead atoms. The normalized spacial score (nSPS) is 20.4. The Morgan fingerprint density at radius 2 is 2.15 bits per heavy atom. The number of benzene rings is 1. The van der Waals surface area contributed by atoms with Gasteiger partial charge in [0.05, 0.1) is 12.3 Å². The van der Waals surface area contributed by atoms with Gasteiger partial charge in [-0.3, -0.25) is 9.69 Å². The van der Waals surface area contributed by atoms with E-state index in [0.29, 0.717) is 0 Å². The van der Waals surface area contributed by atoms with Gasteiger partial charge in [-0.1, -0.05) is 24.3 Å². The van der Waals surface area contributed by atoms with Crippen molar-refractivity contribution in [2.24, 2.45) is 0 Å². The third-order valence-electron chi connectivity index (χ3n) is 4.01. The molecule has 4 heteroatoms. The van der Waals surface area contributed by atoms with E-state index in [1.54, 1.807) is 6.26 Å². The number of carboxylic acid groups (broad SMARTS) is 1. The van der Waals surface area contributed by atoms with Crippen molar-refractivity contribution in [3.8, 4) is 0 Å². The fraction of sp³-hybridized carbons (Fsp3) is 0.312. The molecule has 0 spiro atoms. The van der Waals surface area contributed by atoms with Crippen molar-refractivity contribution in [2.45, 2.75) is 25.4 Å². The van der Waals surface area contributed by atoms with E-state index in [9.17, 15) is 9.90 Å². The molecule has 1 N–H and O–H groups in total. The number of nitrogens with zero attached hydrogens (tertiary/aromatic N) is 1. The van der Waals surface area contributed by atoms with Crippen LogP contribution in [-0.4, -0.2) is 22.5 Å². The molecule has 1 aliphatic rings. The topological polar surface area (TPSA) is 53.7 Å². The van der Waals surface area contributed by atoms with Crippen LogP contribution in [0, 0.1) is 0 Å². The zero-order chi connectivity index (χ0) is 14.1. The highest BCUT2D eigenvalue weighted by Crippen LogP contribution is 2.36. The molecule has 2 atom stereocenters.